The summed E-state index contributed by atoms with van der Waals surface area (Å²) in [6, 6.07) is 3.61. The van der Waals surface area contributed by atoms with Gasteiger partial charge >= 0.3 is 0 Å². The highest BCUT2D eigenvalue weighted by atomic mass is 19.1. The summed E-state index contributed by atoms with van der Waals surface area (Å²) in [4.78, 5) is 4.00. The Morgan fingerprint density at radius 1 is 1.54 bits per heavy atom. The van der Waals surface area contributed by atoms with Gasteiger partial charge in [-0.05, 0) is 25.6 Å². The second-order valence-corrected chi connectivity index (χ2v) is 3.07. The van der Waals surface area contributed by atoms with Gasteiger partial charge in [-0.15, -0.1) is 0 Å². The van der Waals surface area contributed by atoms with Gasteiger partial charge in [-0.1, -0.05) is 6.92 Å². The fourth-order valence-electron chi connectivity index (χ4n) is 1.23. The lowest BCUT2D eigenvalue weighted by Crippen LogP contribution is -2.26. The van der Waals surface area contributed by atoms with E-state index in [9.17, 15) is 4.39 Å². The molecule has 0 aliphatic heterocycles. The standard InChI is InChI=1S/C10H15FN2/c1-3-9(12-2)6-10-5-4-8(11)7-13-10/h4-5,7,9,12H,3,6H2,1-2H3. The molecule has 0 bridgehead atoms. The molecule has 1 aromatic heterocycles. The molecule has 0 spiro atoms. The highest BCUT2D eigenvalue weighted by Gasteiger charge is 2.04. The fourth-order valence-corrected chi connectivity index (χ4v) is 1.23. The van der Waals surface area contributed by atoms with Gasteiger partial charge in [0, 0.05) is 18.2 Å². The molecule has 0 fully saturated rings. The van der Waals surface area contributed by atoms with Crippen LogP contribution in [0.15, 0.2) is 18.3 Å². The van der Waals surface area contributed by atoms with Crippen molar-refractivity contribution in [3.8, 4) is 0 Å². The zero-order valence-electron chi connectivity index (χ0n) is 8.05. The summed E-state index contributed by atoms with van der Waals surface area (Å²) in [6.45, 7) is 2.12. The molecule has 1 rings (SSSR count). The van der Waals surface area contributed by atoms with Crippen LogP contribution in [0.2, 0.25) is 0 Å². The van der Waals surface area contributed by atoms with Gasteiger partial charge in [0.25, 0.3) is 0 Å². The molecule has 72 valence electrons. The van der Waals surface area contributed by atoms with E-state index in [4.69, 9.17) is 0 Å². The van der Waals surface area contributed by atoms with Crippen LogP contribution in [0.5, 0.6) is 0 Å². The zero-order chi connectivity index (χ0) is 9.68. The average molecular weight is 182 g/mol. The molecule has 2 nitrogen and oxygen atoms in total. The summed E-state index contributed by atoms with van der Waals surface area (Å²) in [7, 11) is 1.93. The number of nitrogens with one attached hydrogen (secondary N) is 1. The van der Waals surface area contributed by atoms with Crippen molar-refractivity contribution in [2.45, 2.75) is 25.8 Å². The quantitative estimate of drug-likeness (QED) is 0.767. The minimum atomic E-state index is -0.277. The van der Waals surface area contributed by atoms with Gasteiger partial charge in [0.15, 0.2) is 0 Å². The van der Waals surface area contributed by atoms with Crippen LogP contribution < -0.4 is 5.32 Å². The van der Waals surface area contributed by atoms with E-state index >= 15 is 0 Å². The Bertz CT molecular complexity index is 242. The maximum atomic E-state index is 12.5. The predicted octanol–water partition coefficient (Wildman–Crippen LogP) is 1.76. The lowest BCUT2D eigenvalue weighted by Gasteiger charge is -2.12. The molecule has 0 saturated carbocycles. The first-order valence-corrected chi connectivity index (χ1v) is 4.54. The molecule has 1 heterocycles. The smallest absolute Gasteiger partial charge is 0.141 e. The highest BCUT2D eigenvalue weighted by molar-refractivity contribution is 5.06. The lowest BCUT2D eigenvalue weighted by molar-refractivity contribution is 0.535. The number of likely N-dealkylation sites (N-methyl/N-ethyl adjacent to an activating group) is 1. The molecule has 1 aromatic rings. The number of nitrogens with zero attached hydrogens (tertiary/aromatic N) is 1. The van der Waals surface area contributed by atoms with Crippen molar-refractivity contribution in [1.29, 1.82) is 0 Å². The third kappa shape index (κ3) is 3.11. The Labute approximate surface area is 78.2 Å². The van der Waals surface area contributed by atoms with Gasteiger partial charge in [-0.3, -0.25) is 4.98 Å². The van der Waals surface area contributed by atoms with Gasteiger partial charge in [-0.2, -0.15) is 0 Å². The number of halogens is 1. The number of rotatable bonds is 4. The van der Waals surface area contributed by atoms with Crippen LogP contribution in [0.4, 0.5) is 4.39 Å². The summed E-state index contributed by atoms with van der Waals surface area (Å²) in [5, 5.41) is 3.18. The predicted molar refractivity (Wildman–Crippen MR) is 51.0 cm³/mol. The summed E-state index contributed by atoms with van der Waals surface area (Å²) >= 11 is 0. The Morgan fingerprint density at radius 2 is 2.31 bits per heavy atom. The Hall–Kier alpha value is -0.960. The highest BCUT2D eigenvalue weighted by Crippen LogP contribution is 2.03. The number of hydrogen-bond acceptors (Lipinski definition) is 2. The van der Waals surface area contributed by atoms with Gasteiger partial charge in [0.1, 0.15) is 5.82 Å². The second kappa shape index (κ2) is 4.92. The van der Waals surface area contributed by atoms with E-state index in [-0.39, 0.29) is 5.82 Å². The molecular weight excluding hydrogens is 167 g/mol. The molecule has 0 saturated heterocycles. The molecule has 0 aliphatic carbocycles. The lowest BCUT2D eigenvalue weighted by atomic mass is 10.1. The molecular formula is C10H15FN2. The molecule has 1 unspecified atom stereocenters. The monoisotopic (exact) mass is 182 g/mol. The number of hydrogen-bond donors (Lipinski definition) is 1. The van der Waals surface area contributed by atoms with Crippen molar-refractivity contribution in [2.24, 2.45) is 0 Å². The summed E-state index contributed by atoms with van der Waals surface area (Å²) < 4.78 is 12.5. The average Bonchev–Trinajstić information content (AvgIpc) is 2.17. The SMILES string of the molecule is CCC(Cc1ccc(F)cn1)NC. The molecule has 0 aromatic carbocycles. The van der Waals surface area contributed by atoms with Crippen molar-refractivity contribution in [3.05, 3.63) is 29.8 Å². The van der Waals surface area contributed by atoms with E-state index < -0.39 is 0 Å². The van der Waals surface area contributed by atoms with Crippen LogP contribution in [0, 0.1) is 5.82 Å². The molecule has 1 N–H and O–H groups in total. The van der Waals surface area contributed by atoms with Crippen molar-refractivity contribution in [2.75, 3.05) is 7.05 Å². The molecule has 13 heavy (non-hydrogen) atoms. The van der Waals surface area contributed by atoms with Gasteiger partial charge < -0.3 is 5.32 Å². The minimum Gasteiger partial charge on any atom is -0.317 e. The first-order valence-electron chi connectivity index (χ1n) is 4.54. The van der Waals surface area contributed by atoms with Crippen molar-refractivity contribution in [1.82, 2.24) is 10.3 Å². The van der Waals surface area contributed by atoms with E-state index in [0.717, 1.165) is 18.5 Å². The van der Waals surface area contributed by atoms with Crippen molar-refractivity contribution in [3.63, 3.8) is 0 Å². The summed E-state index contributed by atoms with van der Waals surface area (Å²) in [5.74, 6) is -0.277. The zero-order valence-corrected chi connectivity index (χ0v) is 8.05. The van der Waals surface area contributed by atoms with E-state index in [1.54, 1.807) is 6.07 Å². The van der Waals surface area contributed by atoms with Crippen LogP contribution in [0.3, 0.4) is 0 Å². The fraction of sp³-hybridized carbons (Fsp3) is 0.500. The summed E-state index contributed by atoms with van der Waals surface area (Å²) in [6.07, 6.45) is 3.17. The normalized spacial score (nSPS) is 12.8. The third-order valence-electron chi connectivity index (χ3n) is 2.15. The summed E-state index contributed by atoms with van der Waals surface area (Å²) in [5.41, 5.74) is 0.933. The largest absolute Gasteiger partial charge is 0.317 e. The second-order valence-electron chi connectivity index (χ2n) is 3.07. The Morgan fingerprint density at radius 3 is 2.77 bits per heavy atom. The molecule has 0 amide bonds. The van der Waals surface area contributed by atoms with E-state index in [2.05, 4.69) is 17.2 Å². The molecule has 0 aliphatic rings. The molecule has 1 atom stereocenters. The van der Waals surface area contributed by atoms with Crippen LogP contribution in [0.25, 0.3) is 0 Å². The van der Waals surface area contributed by atoms with Crippen LogP contribution in [-0.4, -0.2) is 18.1 Å². The van der Waals surface area contributed by atoms with Crippen molar-refractivity contribution >= 4 is 0 Å². The van der Waals surface area contributed by atoms with E-state index in [1.807, 2.05) is 7.05 Å². The maximum absolute atomic E-state index is 12.5. The van der Waals surface area contributed by atoms with Gasteiger partial charge in [0.2, 0.25) is 0 Å². The van der Waals surface area contributed by atoms with Crippen LogP contribution in [-0.2, 0) is 6.42 Å². The first-order chi connectivity index (χ1) is 6.26. The Balaban J connectivity index is 2.58. The first kappa shape index (κ1) is 10.1. The number of pyridine rings is 1. The van der Waals surface area contributed by atoms with E-state index in [1.165, 1.54) is 12.3 Å². The number of aromatic nitrogens is 1. The van der Waals surface area contributed by atoms with Crippen LogP contribution >= 0.6 is 0 Å². The maximum Gasteiger partial charge on any atom is 0.141 e. The van der Waals surface area contributed by atoms with Crippen molar-refractivity contribution < 1.29 is 4.39 Å². The molecule has 0 radical (unpaired) electrons. The Kier molecular flexibility index (Phi) is 3.83. The van der Waals surface area contributed by atoms with Crippen LogP contribution in [0.1, 0.15) is 19.0 Å². The van der Waals surface area contributed by atoms with Gasteiger partial charge in [-0.25, -0.2) is 4.39 Å². The van der Waals surface area contributed by atoms with Gasteiger partial charge in [0.05, 0.1) is 6.20 Å². The minimum absolute atomic E-state index is 0.277. The molecule has 3 heteroatoms. The topological polar surface area (TPSA) is 24.9 Å². The third-order valence-corrected chi connectivity index (χ3v) is 2.15. The van der Waals surface area contributed by atoms with E-state index in [0.29, 0.717) is 6.04 Å².